The van der Waals surface area contributed by atoms with E-state index < -0.39 is 12.1 Å². The number of rotatable bonds is 3. The topological polar surface area (TPSA) is 78.0 Å². The molecule has 6 heteroatoms. The second-order valence-electron chi connectivity index (χ2n) is 5.07. The fourth-order valence-corrected chi connectivity index (χ4v) is 2.66. The summed E-state index contributed by atoms with van der Waals surface area (Å²) in [5.74, 6) is -0.942. The standard InChI is InChI=1S/C15H15N3O3/c16-7-12-11(9-18-4-2-1-3-13(12)18)8-17-5-6-21-14(10-17)15(19)20/h1-4,9,14H,5-6,8,10H2,(H,19,20). The lowest BCUT2D eigenvalue weighted by atomic mass is 10.1. The Balaban J connectivity index is 1.85. The second-order valence-corrected chi connectivity index (χ2v) is 5.07. The highest BCUT2D eigenvalue weighted by atomic mass is 16.5. The number of carboxylic acid groups (broad SMARTS) is 1. The number of aliphatic carboxylic acids is 1. The number of aromatic nitrogens is 1. The van der Waals surface area contributed by atoms with Gasteiger partial charge >= 0.3 is 5.97 Å². The minimum Gasteiger partial charge on any atom is -0.479 e. The zero-order chi connectivity index (χ0) is 14.8. The van der Waals surface area contributed by atoms with Crippen LogP contribution in [0.5, 0.6) is 0 Å². The van der Waals surface area contributed by atoms with E-state index in [9.17, 15) is 10.1 Å². The zero-order valence-corrected chi connectivity index (χ0v) is 11.4. The van der Waals surface area contributed by atoms with Gasteiger partial charge in [0, 0.05) is 37.6 Å². The van der Waals surface area contributed by atoms with Crippen molar-refractivity contribution in [2.24, 2.45) is 0 Å². The molecule has 0 saturated carbocycles. The number of fused-ring (bicyclic) bond motifs is 1. The third-order valence-corrected chi connectivity index (χ3v) is 3.69. The van der Waals surface area contributed by atoms with Crippen molar-refractivity contribution >= 4 is 11.5 Å². The molecule has 1 aliphatic heterocycles. The maximum absolute atomic E-state index is 11.0. The van der Waals surface area contributed by atoms with Crippen molar-refractivity contribution in [2.45, 2.75) is 12.6 Å². The molecule has 1 aliphatic rings. The van der Waals surface area contributed by atoms with Gasteiger partial charge in [-0.25, -0.2) is 4.79 Å². The number of carboxylic acids is 1. The molecular weight excluding hydrogens is 270 g/mol. The fourth-order valence-electron chi connectivity index (χ4n) is 2.66. The van der Waals surface area contributed by atoms with E-state index in [4.69, 9.17) is 9.84 Å². The molecule has 1 atom stereocenters. The largest absolute Gasteiger partial charge is 0.479 e. The lowest BCUT2D eigenvalue weighted by Crippen LogP contribution is -2.45. The van der Waals surface area contributed by atoms with Crippen LogP contribution in [0.1, 0.15) is 11.1 Å². The Bertz CT molecular complexity index is 717. The average Bonchev–Trinajstić information content (AvgIpc) is 2.84. The van der Waals surface area contributed by atoms with Gasteiger partial charge in [-0.3, -0.25) is 4.90 Å². The number of hydrogen-bond acceptors (Lipinski definition) is 4. The summed E-state index contributed by atoms with van der Waals surface area (Å²) >= 11 is 0. The Labute approximate surface area is 121 Å². The van der Waals surface area contributed by atoms with Crippen molar-refractivity contribution in [1.82, 2.24) is 9.30 Å². The molecule has 2 aromatic heterocycles. The summed E-state index contributed by atoms with van der Waals surface area (Å²) in [6, 6.07) is 7.96. The van der Waals surface area contributed by atoms with Crippen LogP contribution in [0.4, 0.5) is 0 Å². The molecular formula is C15H15N3O3. The van der Waals surface area contributed by atoms with E-state index >= 15 is 0 Å². The molecule has 0 radical (unpaired) electrons. The van der Waals surface area contributed by atoms with Crippen LogP contribution in [0, 0.1) is 11.3 Å². The first-order chi connectivity index (χ1) is 10.2. The molecule has 108 valence electrons. The van der Waals surface area contributed by atoms with Gasteiger partial charge in [-0.1, -0.05) is 6.07 Å². The van der Waals surface area contributed by atoms with Gasteiger partial charge in [0.1, 0.15) is 6.07 Å². The minimum absolute atomic E-state index is 0.340. The summed E-state index contributed by atoms with van der Waals surface area (Å²) in [4.78, 5) is 13.0. The molecule has 0 spiro atoms. The Kier molecular flexibility index (Phi) is 3.60. The summed E-state index contributed by atoms with van der Waals surface area (Å²) in [5.41, 5.74) is 2.43. The number of ether oxygens (including phenoxy) is 1. The molecule has 0 bridgehead atoms. The third kappa shape index (κ3) is 2.61. The highest BCUT2D eigenvalue weighted by Crippen LogP contribution is 2.20. The number of nitriles is 1. The fraction of sp³-hybridized carbons (Fsp3) is 0.333. The highest BCUT2D eigenvalue weighted by Gasteiger charge is 2.27. The lowest BCUT2D eigenvalue weighted by molar-refractivity contribution is -0.156. The summed E-state index contributed by atoms with van der Waals surface area (Å²) in [6.45, 7) is 1.96. The van der Waals surface area contributed by atoms with E-state index in [2.05, 4.69) is 6.07 Å². The average molecular weight is 285 g/mol. The summed E-state index contributed by atoms with van der Waals surface area (Å²) in [6.07, 6.45) is 3.04. The van der Waals surface area contributed by atoms with Gasteiger partial charge in [0.2, 0.25) is 0 Å². The van der Waals surface area contributed by atoms with Gasteiger partial charge in [-0.2, -0.15) is 5.26 Å². The highest BCUT2D eigenvalue weighted by molar-refractivity contribution is 5.72. The van der Waals surface area contributed by atoms with Crippen LogP contribution in [0.15, 0.2) is 30.6 Å². The lowest BCUT2D eigenvalue weighted by Gasteiger charge is -2.30. The van der Waals surface area contributed by atoms with Crippen molar-refractivity contribution in [3.8, 4) is 6.07 Å². The second kappa shape index (κ2) is 5.56. The van der Waals surface area contributed by atoms with Crippen LogP contribution >= 0.6 is 0 Å². The summed E-state index contributed by atoms with van der Waals surface area (Å²) < 4.78 is 7.13. The van der Waals surface area contributed by atoms with Crippen LogP contribution in [-0.4, -0.2) is 46.2 Å². The molecule has 21 heavy (non-hydrogen) atoms. The van der Waals surface area contributed by atoms with E-state index in [1.54, 1.807) is 0 Å². The van der Waals surface area contributed by atoms with Gasteiger partial charge in [0.25, 0.3) is 0 Å². The minimum atomic E-state index is -0.942. The summed E-state index contributed by atoms with van der Waals surface area (Å²) in [7, 11) is 0. The molecule has 2 aromatic rings. The van der Waals surface area contributed by atoms with Gasteiger partial charge in [0.05, 0.1) is 17.7 Å². The van der Waals surface area contributed by atoms with Crippen molar-refractivity contribution in [3.63, 3.8) is 0 Å². The number of carbonyl (C=O) groups is 1. The van der Waals surface area contributed by atoms with Gasteiger partial charge < -0.3 is 14.2 Å². The predicted molar refractivity (Wildman–Crippen MR) is 74.8 cm³/mol. The van der Waals surface area contributed by atoms with Gasteiger partial charge in [-0.05, 0) is 12.1 Å². The van der Waals surface area contributed by atoms with Crippen LogP contribution in [0.25, 0.3) is 5.52 Å². The first kappa shape index (κ1) is 13.6. The number of nitrogens with zero attached hydrogens (tertiary/aromatic N) is 3. The van der Waals surface area contributed by atoms with Crippen molar-refractivity contribution in [3.05, 3.63) is 41.7 Å². The SMILES string of the molecule is N#Cc1c(CN2CCOC(C(=O)O)C2)cn2ccccc12. The molecule has 6 nitrogen and oxygen atoms in total. The first-order valence-electron chi connectivity index (χ1n) is 6.74. The molecule has 0 amide bonds. The Morgan fingerprint density at radius 1 is 1.52 bits per heavy atom. The van der Waals surface area contributed by atoms with E-state index in [0.717, 1.165) is 11.1 Å². The first-order valence-corrected chi connectivity index (χ1v) is 6.74. The maximum Gasteiger partial charge on any atom is 0.334 e. The smallest absolute Gasteiger partial charge is 0.334 e. The number of pyridine rings is 1. The van der Waals surface area contributed by atoms with Gasteiger partial charge in [-0.15, -0.1) is 0 Å². The molecule has 3 rings (SSSR count). The molecule has 1 N–H and O–H groups in total. The monoisotopic (exact) mass is 285 g/mol. The van der Waals surface area contributed by atoms with E-state index in [-0.39, 0.29) is 0 Å². The molecule has 1 unspecified atom stereocenters. The summed E-state index contributed by atoms with van der Waals surface area (Å²) in [5, 5.41) is 18.4. The predicted octanol–water partition coefficient (Wildman–Crippen LogP) is 1.10. The zero-order valence-electron chi connectivity index (χ0n) is 11.4. The quantitative estimate of drug-likeness (QED) is 0.913. The Hall–Kier alpha value is -2.36. The van der Waals surface area contributed by atoms with Crippen molar-refractivity contribution in [1.29, 1.82) is 5.26 Å². The maximum atomic E-state index is 11.0. The van der Waals surface area contributed by atoms with Crippen molar-refractivity contribution in [2.75, 3.05) is 19.7 Å². The molecule has 1 saturated heterocycles. The van der Waals surface area contributed by atoms with Crippen LogP contribution in [0.3, 0.4) is 0 Å². The normalized spacial score (nSPS) is 19.5. The number of hydrogen-bond donors (Lipinski definition) is 1. The van der Waals surface area contributed by atoms with E-state index in [0.29, 0.717) is 31.8 Å². The Morgan fingerprint density at radius 3 is 3.14 bits per heavy atom. The Morgan fingerprint density at radius 2 is 2.38 bits per heavy atom. The van der Waals surface area contributed by atoms with Crippen LogP contribution < -0.4 is 0 Å². The molecule has 3 heterocycles. The third-order valence-electron chi connectivity index (χ3n) is 3.69. The molecule has 1 fully saturated rings. The molecule has 0 aromatic carbocycles. The van der Waals surface area contributed by atoms with E-state index in [1.165, 1.54) is 0 Å². The van der Waals surface area contributed by atoms with Crippen LogP contribution in [0.2, 0.25) is 0 Å². The number of morpholine rings is 1. The van der Waals surface area contributed by atoms with Gasteiger partial charge in [0.15, 0.2) is 6.10 Å². The molecule has 0 aliphatic carbocycles. The van der Waals surface area contributed by atoms with Crippen LogP contribution in [-0.2, 0) is 16.1 Å². The van der Waals surface area contributed by atoms with E-state index in [1.807, 2.05) is 39.9 Å². The van der Waals surface area contributed by atoms with Crippen molar-refractivity contribution < 1.29 is 14.6 Å².